The fraction of sp³-hybridized carbons (Fsp3) is 0.455. The van der Waals surface area contributed by atoms with Crippen LogP contribution < -0.4 is 0 Å². The Morgan fingerprint density at radius 3 is 2.40 bits per heavy atom. The van der Waals surface area contributed by atoms with Crippen LogP contribution in [0.2, 0.25) is 6.04 Å². The molecular weight excluding hydrogens is 211 g/mol. The summed E-state index contributed by atoms with van der Waals surface area (Å²) in [5, 5.41) is 0. The van der Waals surface area contributed by atoms with E-state index in [4.69, 9.17) is 8.85 Å². The summed E-state index contributed by atoms with van der Waals surface area (Å²) in [6, 6.07) is 8.14. The fourth-order valence-corrected chi connectivity index (χ4v) is 3.72. The lowest BCUT2D eigenvalue weighted by atomic mass is 10.2. The van der Waals surface area contributed by atoms with Crippen LogP contribution in [0.15, 0.2) is 24.3 Å². The van der Waals surface area contributed by atoms with Crippen LogP contribution in [-0.2, 0) is 14.9 Å². The molecule has 0 atom stereocenters. The monoisotopic (exact) mass is 228 g/mol. The zero-order valence-electron chi connectivity index (χ0n) is 9.42. The van der Waals surface area contributed by atoms with Crippen molar-refractivity contribution in [1.82, 2.24) is 0 Å². The molecule has 0 aliphatic carbocycles. The van der Waals surface area contributed by atoms with E-state index in [1.54, 1.807) is 20.3 Å². The second-order valence-electron chi connectivity index (χ2n) is 3.48. The summed E-state index contributed by atoms with van der Waals surface area (Å²) in [5.41, 5.74) is 0.937. The summed E-state index contributed by atoms with van der Waals surface area (Å²) in [4.78, 5) is 0. The molecule has 0 aliphatic rings. The molecule has 0 spiro atoms. The minimum Gasteiger partial charge on any atom is -0.397 e. The molecule has 1 aromatic carbocycles. The average Bonchev–Trinajstić information content (AvgIpc) is 2.26. The summed E-state index contributed by atoms with van der Waals surface area (Å²) in [5.74, 6) is -0.210. The van der Waals surface area contributed by atoms with E-state index in [1.807, 2.05) is 13.0 Å². The van der Waals surface area contributed by atoms with Gasteiger partial charge in [-0.3, -0.25) is 0 Å². The highest BCUT2D eigenvalue weighted by Gasteiger charge is 2.33. The molecule has 4 heteroatoms. The first-order valence-electron chi connectivity index (χ1n) is 5.00. The summed E-state index contributed by atoms with van der Waals surface area (Å²) < 4.78 is 23.9. The Kier molecular flexibility index (Phi) is 4.44. The van der Waals surface area contributed by atoms with E-state index >= 15 is 0 Å². The van der Waals surface area contributed by atoms with Crippen molar-refractivity contribution in [3.63, 3.8) is 0 Å². The lowest BCUT2D eigenvalue weighted by Crippen LogP contribution is -2.42. The Labute approximate surface area is 91.3 Å². The first-order valence-corrected chi connectivity index (χ1v) is 7.23. The number of hydrogen-bond acceptors (Lipinski definition) is 2. The van der Waals surface area contributed by atoms with Gasteiger partial charge in [0, 0.05) is 20.3 Å². The van der Waals surface area contributed by atoms with Crippen LogP contribution in [-0.4, -0.2) is 22.8 Å². The van der Waals surface area contributed by atoms with Crippen molar-refractivity contribution in [2.24, 2.45) is 0 Å². The molecule has 0 amide bonds. The van der Waals surface area contributed by atoms with E-state index in [9.17, 15) is 4.39 Å². The molecule has 0 unspecified atom stereocenters. The van der Waals surface area contributed by atoms with Gasteiger partial charge in [0.15, 0.2) is 0 Å². The van der Waals surface area contributed by atoms with Crippen molar-refractivity contribution in [3.05, 3.63) is 35.6 Å². The Morgan fingerprint density at radius 1 is 1.27 bits per heavy atom. The molecule has 84 valence electrons. The number of hydrogen-bond donors (Lipinski definition) is 0. The Balaban J connectivity index is 2.82. The van der Waals surface area contributed by atoms with Crippen LogP contribution in [0.3, 0.4) is 0 Å². The topological polar surface area (TPSA) is 18.5 Å². The molecule has 15 heavy (non-hydrogen) atoms. The summed E-state index contributed by atoms with van der Waals surface area (Å²) in [6.45, 7) is 2.04. The third-order valence-electron chi connectivity index (χ3n) is 2.65. The molecule has 0 radical (unpaired) electrons. The van der Waals surface area contributed by atoms with Crippen LogP contribution in [0, 0.1) is 5.82 Å². The summed E-state index contributed by atoms with van der Waals surface area (Å²) in [7, 11) is 1.18. The van der Waals surface area contributed by atoms with Gasteiger partial charge in [0.25, 0.3) is 0 Å². The Bertz CT molecular complexity index is 305. The van der Waals surface area contributed by atoms with E-state index in [0.717, 1.165) is 11.6 Å². The third-order valence-corrected chi connectivity index (χ3v) is 6.16. The molecule has 0 saturated heterocycles. The van der Waals surface area contributed by atoms with Crippen molar-refractivity contribution < 1.29 is 13.2 Å². The number of benzene rings is 1. The predicted molar refractivity (Wildman–Crippen MR) is 60.4 cm³/mol. The fourth-order valence-electron chi connectivity index (χ4n) is 1.60. The van der Waals surface area contributed by atoms with Gasteiger partial charge < -0.3 is 8.85 Å². The highest BCUT2D eigenvalue weighted by molar-refractivity contribution is 6.66. The molecule has 0 saturated carbocycles. The quantitative estimate of drug-likeness (QED) is 0.721. The minimum atomic E-state index is -2.15. The van der Waals surface area contributed by atoms with Gasteiger partial charge in [-0.1, -0.05) is 19.1 Å². The number of halogens is 1. The Hall–Kier alpha value is -0.713. The molecule has 0 N–H and O–H groups in total. The van der Waals surface area contributed by atoms with Gasteiger partial charge in [-0.25, -0.2) is 4.39 Å². The van der Waals surface area contributed by atoms with Gasteiger partial charge in [-0.05, 0) is 23.7 Å². The average molecular weight is 228 g/mol. The maximum Gasteiger partial charge on any atom is 0.341 e. The van der Waals surface area contributed by atoms with Gasteiger partial charge in [0.2, 0.25) is 0 Å². The molecule has 0 aliphatic heterocycles. The van der Waals surface area contributed by atoms with E-state index < -0.39 is 8.56 Å². The smallest absolute Gasteiger partial charge is 0.341 e. The summed E-state index contributed by atoms with van der Waals surface area (Å²) in [6.07, 6.45) is 0. The molecule has 1 aromatic rings. The summed E-state index contributed by atoms with van der Waals surface area (Å²) >= 11 is 0. The van der Waals surface area contributed by atoms with Crippen molar-refractivity contribution in [2.75, 3.05) is 14.2 Å². The van der Waals surface area contributed by atoms with E-state index in [1.165, 1.54) is 12.1 Å². The van der Waals surface area contributed by atoms with Crippen molar-refractivity contribution >= 4 is 8.56 Å². The molecule has 1 rings (SSSR count). The lowest BCUT2D eigenvalue weighted by molar-refractivity contribution is 0.242. The van der Waals surface area contributed by atoms with Gasteiger partial charge in [0.1, 0.15) is 5.82 Å². The molecule has 2 nitrogen and oxygen atoms in total. The lowest BCUT2D eigenvalue weighted by Gasteiger charge is -2.26. The normalized spacial score (nSPS) is 11.7. The van der Waals surface area contributed by atoms with Crippen molar-refractivity contribution in [2.45, 2.75) is 19.0 Å². The first-order chi connectivity index (χ1) is 7.15. The van der Waals surface area contributed by atoms with Gasteiger partial charge in [-0.2, -0.15) is 0 Å². The largest absolute Gasteiger partial charge is 0.397 e. The van der Waals surface area contributed by atoms with Crippen molar-refractivity contribution in [3.8, 4) is 0 Å². The first kappa shape index (κ1) is 12.4. The zero-order chi connectivity index (χ0) is 11.3. The van der Waals surface area contributed by atoms with Gasteiger partial charge in [0.05, 0.1) is 0 Å². The number of rotatable bonds is 5. The van der Waals surface area contributed by atoms with Crippen molar-refractivity contribution in [1.29, 1.82) is 0 Å². The SMILES string of the molecule is CC[Si](Cc1cccc(F)c1)(OC)OC. The Morgan fingerprint density at radius 2 is 1.93 bits per heavy atom. The minimum absolute atomic E-state index is 0.210. The standard InChI is InChI=1S/C11H17FO2Si/c1-4-15(13-2,14-3)9-10-6-5-7-11(12)8-10/h5-8H,4,9H2,1-3H3. The third kappa shape index (κ3) is 3.12. The molecule has 0 fully saturated rings. The molecule has 0 aromatic heterocycles. The van der Waals surface area contributed by atoms with Crippen LogP contribution in [0.5, 0.6) is 0 Å². The van der Waals surface area contributed by atoms with Gasteiger partial charge >= 0.3 is 8.56 Å². The van der Waals surface area contributed by atoms with E-state index in [-0.39, 0.29) is 5.82 Å². The van der Waals surface area contributed by atoms with Crippen LogP contribution in [0.1, 0.15) is 12.5 Å². The van der Waals surface area contributed by atoms with Gasteiger partial charge in [-0.15, -0.1) is 0 Å². The second kappa shape index (κ2) is 5.39. The highest BCUT2D eigenvalue weighted by atomic mass is 28.4. The van der Waals surface area contributed by atoms with Crippen LogP contribution >= 0.6 is 0 Å². The molecule has 0 heterocycles. The maximum absolute atomic E-state index is 13.0. The van der Waals surface area contributed by atoms with Crippen LogP contribution in [0.4, 0.5) is 4.39 Å². The zero-order valence-corrected chi connectivity index (χ0v) is 10.4. The van der Waals surface area contributed by atoms with E-state index in [0.29, 0.717) is 6.04 Å². The molecular formula is C11H17FO2Si. The highest BCUT2D eigenvalue weighted by Crippen LogP contribution is 2.18. The maximum atomic E-state index is 13.0. The second-order valence-corrected chi connectivity index (χ2v) is 7.18. The molecule has 0 bridgehead atoms. The van der Waals surface area contributed by atoms with Crippen LogP contribution in [0.25, 0.3) is 0 Å². The van der Waals surface area contributed by atoms with E-state index in [2.05, 4.69) is 0 Å². The predicted octanol–water partition coefficient (Wildman–Crippen LogP) is 2.66.